The number of aryl methyl sites for hydroxylation is 2. The van der Waals surface area contributed by atoms with E-state index >= 15 is 0 Å². The summed E-state index contributed by atoms with van der Waals surface area (Å²) in [5.41, 5.74) is 7.57. The molecule has 6 nitrogen and oxygen atoms in total. The summed E-state index contributed by atoms with van der Waals surface area (Å²) in [4.78, 5) is 13.7. The second kappa shape index (κ2) is 7.01. The lowest BCUT2D eigenvalue weighted by atomic mass is 10.3. The quantitative estimate of drug-likeness (QED) is 0.779. The number of hydrogen-bond acceptors (Lipinski definition) is 4. The highest BCUT2D eigenvalue weighted by atomic mass is 16.2. The molecule has 0 saturated heterocycles. The van der Waals surface area contributed by atoms with Gasteiger partial charge in [0.25, 0.3) is 0 Å². The van der Waals surface area contributed by atoms with Crippen LogP contribution in [0.5, 0.6) is 0 Å². The number of anilines is 2. The van der Waals surface area contributed by atoms with Gasteiger partial charge in [-0.25, -0.2) is 0 Å². The number of amides is 1. The minimum Gasteiger partial charge on any atom is -0.394 e. The molecule has 19 heavy (non-hydrogen) atoms. The van der Waals surface area contributed by atoms with Gasteiger partial charge >= 0.3 is 0 Å². The molecule has 0 aliphatic heterocycles. The molecule has 0 fully saturated rings. The van der Waals surface area contributed by atoms with Crippen LogP contribution in [-0.4, -0.2) is 40.2 Å². The number of aromatic nitrogens is 2. The SMILES string of the molecule is CCc1nn(C)c(NCCC(=O)N(CC)CC)c1N. The van der Waals surface area contributed by atoms with E-state index in [0.717, 1.165) is 31.0 Å². The number of rotatable bonds is 7. The molecule has 0 aliphatic carbocycles. The summed E-state index contributed by atoms with van der Waals surface area (Å²) >= 11 is 0. The van der Waals surface area contributed by atoms with E-state index in [1.54, 1.807) is 4.68 Å². The Morgan fingerprint density at radius 3 is 2.47 bits per heavy atom. The lowest BCUT2D eigenvalue weighted by Gasteiger charge is -2.18. The molecule has 1 rings (SSSR count). The summed E-state index contributed by atoms with van der Waals surface area (Å²) in [6.07, 6.45) is 1.27. The van der Waals surface area contributed by atoms with Crippen molar-refractivity contribution in [3.05, 3.63) is 5.69 Å². The summed E-state index contributed by atoms with van der Waals surface area (Å²) in [5.74, 6) is 0.957. The zero-order valence-electron chi connectivity index (χ0n) is 12.4. The highest BCUT2D eigenvalue weighted by Gasteiger charge is 2.13. The van der Waals surface area contributed by atoms with Crippen LogP contribution in [0, 0.1) is 0 Å². The van der Waals surface area contributed by atoms with Gasteiger partial charge in [0, 0.05) is 33.1 Å². The lowest BCUT2D eigenvalue weighted by molar-refractivity contribution is -0.130. The predicted octanol–water partition coefficient (Wildman–Crippen LogP) is 1.24. The molecule has 0 atom stereocenters. The number of hydrogen-bond donors (Lipinski definition) is 2. The number of carbonyl (C=O) groups excluding carboxylic acids is 1. The van der Waals surface area contributed by atoms with E-state index < -0.39 is 0 Å². The highest BCUT2D eigenvalue weighted by molar-refractivity contribution is 5.77. The second-order valence-corrected chi connectivity index (χ2v) is 4.43. The molecule has 3 N–H and O–H groups in total. The average Bonchev–Trinajstić information content (AvgIpc) is 2.67. The van der Waals surface area contributed by atoms with Crippen molar-refractivity contribution in [2.45, 2.75) is 33.6 Å². The van der Waals surface area contributed by atoms with Gasteiger partial charge in [-0.1, -0.05) is 6.92 Å². The van der Waals surface area contributed by atoms with Gasteiger partial charge in [-0.15, -0.1) is 0 Å². The monoisotopic (exact) mass is 267 g/mol. The van der Waals surface area contributed by atoms with Crippen LogP contribution >= 0.6 is 0 Å². The molecule has 0 bridgehead atoms. The molecule has 108 valence electrons. The van der Waals surface area contributed by atoms with Gasteiger partial charge in [-0.05, 0) is 20.3 Å². The van der Waals surface area contributed by atoms with Crippen molar-refractivity contribution in [1.29, 1.82) is 0 Å². The van der Waals surface area contributed by atoms with Crippen molar-refractivity contribution in [2.24, 2.45) is 7.05 Å². The fourth-order valence-electron chi connectivity index (χ4n) is 2.09. The molecule has 0 aromatic carbocycles. The number of nitrogens with zero attached hydrogens (tertiary/aromatic N) is 3. The van der Waals surface area contributed by atoms with E-state index in [4.69, 9.17) is 5.73 Å². The fourth-order valence-corrected chi connectivity index (χ4v) is 2.09. The van der Waals surface area contributed by atoms with E-state index in [2.05, 4.69) is 10.4 Å². The number of carbonyl (C=O) groups is 1. The Morgan fingerprint density at radius 2 is 2.00 bits per heavy atom. The maximum absolute atomic E-state index is 11.9. The summed E-state index contributed by atoms with van der Waals surface area (Å²) in [5, 5.41) is 7.53. The first-order chi connectivity index (χ1) is 9.04. The van der Waals surface area contributed by atoms with Gasteiger partial charge in [0.2, 0.25) is 5.91 Å². The molecule has 0 spiro atoms. The number of nitrogens with two attached hydrogens (primary N) is 1. The standard InChI is InChI=1S/C13H25N5O/c1-5-10-12(14)13(17(4)16-10)15-9-8-11(19)18(6-2)7-3/h15H,5-9,14H2,1-4H3. The third-order valence-electron chi connectivity index (χ3n) is 3.24. The molecule has 1 heterocycles. The average molecular weight is 267 g/mol. The smallest absolute Gasteiger partial charge is 0.224 e. The van der Waals surface area contributed by atoms with E-state index in [1.165, 1.54) is 0 Å². The Balaban J connectivity index is 2.54. The molecule has 6 heteroatoms. The Hall–Kier alpha value is -1.72. The van der Waals surface area contributed by atoms with Crippen LogP contribution in [0.1, 0.15) is 32.9 Å². The topological polar surface area (TPSA) is 76.2 Å². The van der Waals surface area contributed by atoms with Crippen LogP contribution in [0.15, 0.2) is 0 Å². The normalized spacial score (nSPS) is 10.5. The minimum absolute atomic E-state index is 0.161. The van der Waals surface area contributed by atoms with Crippen molar-refractivity contribution in [3.8, 4) is 0 Å². The third kappa shape index (κ3) is 3.62. The van der Waals surface area contributed by atoms with Crippen molar-refractivity contribution in [2.75, 3.05) is 30.7 Å². The summed E-state index contributed by atoms with van der Waals surface area (Å²) in [6.45, 7) is 8.07. The largest absolute Gasteiger partial charge is 0.394 e. The second-order valence-electron chi connectivity index (χ2n) is 4.43. The third-order valence-corrected chi connectivity index (χ3v) is 3.24. The van der Waals surface area contributed by atoms with E-state index in [-0.39, 0.29) is 5.91 Å². The maximum Gasteiger partial charge on any atom is 0.224 e. The van der Waals surface area contributed by atoms with Gasteiger partial charge < -0.3 is 16.0 Å². The van der Waals surface area contributed by atoms with Crippen molar-refractivity contribution in [3.63, 3.8) is 0 Å². The Labute approximate surface area is 114 Å². The van der Waals surface area contributed by atoms with Gasteiger partial charge in [0.15, 0.2) is 0 Å². The van der Waals surface area contributed by atoms with Gasteiger partial charge in [-0.2, -0.15) is 5.10 Å². The van der Waals surface area contributed by atoms with E-state index in [9.17, 15) is 4.79 Å². The zero-order valence-corrected chi connectivity index (χ0v) is 12.4. The highest BCUT2D eigenvalue weighted by Crippen LogP contribution is 2.21. The Kier molecular flexibility index (Phi) is 5.66. The van der Waals surface area contributed by atoms with Crippen LogP contribution in [0.4, 0.5) is 11.5 Å². The molecule has 0 aliphatic rings. The summed E-state index contributed by atoms with van der Waals surface area (Å²) < 4.78 is 1.73. The number of nitrogen functional groups attached to an aromatic ring is 1. The van der Waals surface area contributed by atoms with Crippen LogP contribution in [-0.2, 0) is 18.3 Å². The van der Waals surface area contributed by atoms with E-state index in [1.807, 2.05) is 32.7 Å². The first-order valence-corrected chi connectivity index (χ1v) is 6.88. The molecule has 1 aromatic heterocycles. The van der Waals surface area contributed by atoms with Crippen LogP contribution < -0.4 is 11.1 Å². The first kappa shape index (κ1) is 15.3. The predicted molar refractivity (Wildman–Crippen MR) is 78.0 cm³/mol. The molecule has 0 saturated carbocycles. The van der Waals surface area contributed by atoms with Gasteiger partial charge in [-0.3, -0.25) is 9.48 Å². The molecule has 1 amide bonds. The van der Waals surface area contributed by atoms with Crippen molar-refractivity contribution in [1.82, 2.24) is 14.7 Å². The molecule has 0 radical (unpaired) electrons. The fraction of sp³-hybridized carbons (Fsp3) is 0.692. The Morgan fingerprint density at radius 1 is 1.37 bits per heavy atom. The van der Waals surface area contributed by atoms with Crippen LogP contribution in [0.2, 0.25) is 0 Å². The first-order valence-electron chi connectivity index (χ1n) is 6.88. The van der Waals surface area contributed by atoms with Crippen LogP contribution in [0.25, 0.3) is 0 Å². The van der Waals surface area contributed by atoms with Crippen LogP contribution in [0.3, 0.4) is 0 Å². The molecular weight excluding hydrogens is 242 g/mol. The molecular formula is C13H25N5O. The summed E-state index contributed by atoms with van der Waals surface area (Å²) in [7, 11) is 1.85. The zero-order chi connectivity index (χ0) is 14.4. The molecule has 0 unspecified atom stereocenters. The number of nitrogens with one attached hydrogen (secondary N) is 1. The minimum atomic E-state index is 0.161. The summed E-state index contributed by atoms with van der Waals surface area (Å²) in [6, 6.07) is 0. The molecule has 1 aromatic rings. The Bertz CT molecular complexity index is 423. The van der Waals surface area contributed by atoms with Gasteiger partial charge in [0.05, 0.1) is 11.4 Å². The van der Waals surface area contributed by atoms with E-state index in [0.29, 0.717) is 18.7 Å². The van der Waals surface area contributed by atoms with Crippen molar-refractivity contribution < 1.29 is 4.79 Å². The van der Waals surface area contributed by atoms with Crippen molar-refractivity contribution >= 4 is 17.4 Å². The lowest BCUT2D eigenvalue weighted by Crippen LogP contribution is -2.31. The maximum atomic E-state index is 11.9. The van der Waals surface area contributed by atoms with Gasteiger partial charge in [0.1, 0.15) is 5.82 Å².